The van der Waals surface area contributed by atoms with Crippen LogP contribution in [0.3, 0.4) is 0 Å². The summed E-state index contributed by atoms with van der Waals surface area (Å²) in [6.45, 7) is 1.86. The fourth-order valence-electron chi connectivity index (χ4n) is 1.98. The van der Waals surface area contributed by atoms with Crippen molar-refractivity contribution in [2.24, 2.45) is 0 Å². The number of hydrogen-bond acceptors (Lipinski definition) is 6. The fraction of sp³-hybridized carbons (Fsp3) is 0.200. The molecule has 0 aliphatic carbocycles. The van der Waals surface area contributed by atoms with E-state index in [0.717, 1.165) is 5.56 Å². The van der Waals surface area contributed by atoms with E-state index in [4.69, 9.17) is 9.05 Å². The van der Waals surface area contributed by atoms with Gasteiger partial charge in [0.15, 0.2) is 5.82 Å². The third-order valence-corrected chi connectivity index (χ3v) is 3.11. The van der Waals surface area contributed by atoms with Crippen LogP contribution in [0.5, 0.6) is 0 Å². The Bertz CT molecular complexity index is 764. The molecule has 112 valence electrons. The molecule has 0 fully saturated rings. The normalized spacial score (nSPS) is 10.6. The van der Waals surface area contributed by atoms with Gasteiger partial charge < -0.3 is 14.4 Å². The number of amides is 1. The second-order valence-electron chi connectivity index (χ2n) is 4.75. The van der Waals surface area contributed by atoms with Crippen LogP contribution in [0.25, 0.3) is 0 Å². The number of carbonyl (C=O) groups is 1. The lowest BCUT2D eigenvalue weighted by Crippen LogP contribution is -2.23. The average molecular weight is 298 g/mol. The molecule has 0 aliphatic rings. The van der Waals surface area contributed by atoms with Gasteiger partial charge in [-0.1, -0.05) is 40.6 Å². The number of nitrogens with one attached hydrogen (secondary N) is 1. The molecule has 1 N–H and O–H groups in total. The summed E-state index contributed by atoms with van der Waals surface area (Å²) in [5, 5.41) is 10.1. The van der Waals surface area contributed by atoms with E-state index in [-0.39, 0.29) is 12.5 Å². The predicted molar refractivity (Wildman–Crippen MR) is 76.0 cm³/mol. The maximum atomic E-state index is 11.9. The zero-order chi connectivity index (χ0) is 15.4. The van der Waals surface area contributed by atoms with Gasteiger partial charge in [0, 0.05) is 0 Å². The van der Waals surface area contributed by atoms with Crippen molar-refractivity contribution in [1.29, 1.82) is 0 Å². The Balaban J connectivity index is 1.58. The highest BCUT2D eigenvalue weighted by atomic mass is 16.5. The Morgan fingerprint density at radius 1 is 1.23 bits per heavy atom. The smallest absolute Gasteiger partial charge is 0.256 e. The minimum Gasteiger partial charge on any atom is -0.361 e. The van der Waals surface area contributed by atoms with Crippen LogP contribution in [-0.4, -0.2) is 21.2 Å². The Hall–Kier alpha value is -2.96. The van der Waals surface area contributed by atoms with Gasteiger partial charge in [-0.3, -0.25) is 4.79 Å². The predicted octanol–water partition coefficient (Wildman–Crippen LogP) is 1.89. The van der Waals surface area contributed by atoms with E-state index in [1.165, 1.54) is 6.20 Å². The quantitative estimate of drug-likeness (QED) is 0.773. The molecule has 0 bridgehead atoms. The summed E-state index contributed by atoms with van der Waals surface area (Å²) >= 11 is 0. The van der Waals surface area contributed by atoms with Crippen LogP contribution in [0.2, 0.25) is 0 Å². The van der Waals surface area contributed by atoms with E-state index in [9.17, 15) is 4.79 Å². The maximum absolute atomic E-state index is 11.9. The van der Waals surface area contributed by atoms with Crippen LogP contribution in [0, 0.1) is 6.92 Å². The highest BCUT2D eigenvalue weighted by Crippen LogP contribution is 2.08. The zero-order valence-corrected chi connectivity index (χ0v) is 11.9. The zero-order valence-electron chi connectivity index (χ0n) is 11.9. The van der Waals surface area contributed by atoms with Gasteiger partial charge in [-0.25, -0.2) is 0 Å². The highest BCUT2D eigenvalue weighted by Gasteiger charge is 2.14. The van der Waals surface area contributed by atoms with Crippen LogP contribution in [0.4, 0.5) is 0 Å². The molecule has 0 saturated carbocycles. The van der Waals surface area contributed by atoms with E-state index in [1.54, 1.807) is 6.92 Å². The Labute approximate surface area is 126 Å². The van der Waals surface area contributed by atoms with Crippen LogP contribution in [-0.2, 0) is 13.0 Å². The van der Waals surface area contributed by atoms with Crippen LogP contribution < -0.4 is 5.32 Å². The monoisotopic (exact) mass is 298 g/mol. The molecular weight excluding hydrogens is 284 g/mol. The summed E-state index contributed by atoms with van der Waals surface area (Å²) in [6, 6.07) is 9.83. The van der Waals surface area contributed by atoms with Crippen LogP contribution in [0.1, 0.15) is 33.4 Å². The average Bonchev–Trinajstić information content (AvgIpc) is 3.15. The first-order chi connectivity index (χ1) is 10.7. The fourth-order valence-corrected chi connectivity index (χ4v) is 1.98. The largest absolute Gasteiger partial charge is 0.361 e. The second kappa shape index (κ2) is 6.21. The van der Waals surface area contributed by atoms with Crippen molar-refractivity contribution in [2.45, 2.75) is 19.9 Å². The first kappa shape index (κ1) is 14.0. The first-order valence-corrected chi connectivity index (χ1v) is 6.77. The van der Waals surface area contributed by atoms with Gasteiger partial charge in [0.25, 0.3) is 5.91 Å². The maximum Gasteiger partial charge on any atom is 0.256 e. The van der Waals surface area contributed by atoms with Crippen molar-refractivity contribution in [3.8, 4) is 0 Å². The van der Waals surface area contributed by atoms with Gasteiger partial charge in [-0.2, -0.15) is 4.98 Å². The molecule has 0 spiro atoms. The molecule has 3 aromatic rings. The molecule has 3 rings (SSSR count). The van der Waals surface area contributed by atoms with E-state index < -0.39 is 0 Å². The highest BCUT2D eigenvalue weighted by molar-refractivity contribution is 5.94. The minimum absolute atomic E-state index is 0.182. The molecule has 7 heteroatoms. The summed E-state index contributed by atoms with van der Waals surface area (Å²) in [4.78, 5) is 16.2. The van der Waals surface area contributed by atoms with Crippen molar-refractivity contribution < 1.29 is 13.8 Å². The molecule has 22 heavy (non-hydrogen) atoms. The van der Waals surface area contributed by atoms with E-state index in [2.05, 4.69) is 20.6 Å². The number of benzene rings is 1. The number of rotatable bonds is 5. The Morgan fingerprint density at radius 2 is 2.05 bits per heavy atom. The molecule has 1 amide bonds. The molecule has 2 heterocycles. The molecular formula is C15H14N4O3. The molecule has 1 aromatic carbocycles. The van der Waals surface area contributed by atoms with Crippen molar-refractivity contribution in [2.75, 3.05) is 0 Å². The van der Waals surface area contributed by atoms with E-state index in [0.29, 0.717) is 29.5 Å². The third-order valence-electron chi connectivity index (χ3n) is 3.11. The van der Waals surface area contributed by atoms with Gasteiger partial charge in [-0.15, -0.1) is 0 Å². The molecule has 0 saturated heterocycles. The molecule has 0 unspecified atom stereocenters. The van der Waals surface area contributed by atoms with Crippen LogP contribution >= 0.6 is 0 Å². The standard InChI is InChI=1S/C15H14N4O3/c1-10-12(8-17-21-10)15(20)16-9-13-18-14(22-19-13)7-11-5-3-2-4-6-11/h2-6,8H,7,9H2,1H3,(H,16,20). The molecule has 0 atom stereocenters. The lowest BCUT2D eigenvalue weighted by molar-refractivity contribution is 0.0948. The van der Waals surface area contributed by atoms with E-state index in [1.807, 2.05) is 30.3 Å². The van der Waals surface area contributed by atoms with Gasteiger partial charge in [-0.05, 0) is 12.5 Å². The number of aryl methyl sites for hydroxylation is 1. The Morgan fingerprint density at radius 3 is 2.77 bits per heavy atom. The first-order valence-electron chi connectivity index (χ1n) is 6.77. The van der Waals surface area contributed by atoms with Gasteiger partial charge in [0.1, 0.15) is 11.3 Å². The summed E-state index contributed by atoms with van der Waals surface area (Å²) in [6.07, 6.45) is 1.94. The molecule has 0 radical (unpaired) electrons. The molecule has 7 nitrogen and oxygen atoms in total. The number of carbonyl (C=O) groups excluding carboxylic acids is 1. The van der Waals surface area contributed by atoms with E-state index >= 15 is 0 Å². The summed E-state index contributed by atoms with van der Waals surface area (Å²) in [5.74, 6) is 1.12. The number of nitrogens with zero attached hydrogens (tertiary/aromatic N) is 3. The topological polar surface area (TPSA) is 94.1 Å². The molecule has 0 aliphatic heterocycles. The third kappa shape index (κ3) is 3.20. The molecule has 2 aromatic heterocycles. The van der Waals surface area contributed by atoms with Gasteiger partial charge >= 0.3 is 0 Å². The SMILES string of the molecule is Cc1oncc1C(=O)NCc1noc(Cc2ccccc2)n1. The van der Waals surface area contributed by atoms with Gasteiger partial charge in [0.05, 0.1) is 19.2 Å². The second-order valence-corrected chi connectivity index (χ2v) is 4.75. The van der Waals surface area contributed by atoms with Crippen LogP contribution in [0.15, 0.2) is 45.6 Å². The van der Waals surface area contributed by atoms with Crippen molar-refractivity contribution in [3.63, 3.8) is 0 Å². The summed E-state index contributed by atoms with van der Waals surface area (Å²) < 4.78 is 10.0. The minimum atomic E-state index is -0.284. The lowest BCUT2D eigenvalue weighted by Gasteiger charge is -1.99. The van der Waals surface area contributed by atoms with Crippen molar-refractivity contribution in [3.05, 3.63) is 65.1 Å². The Kier molecular flexibility index (Phi) is 3.95. The number of aromatic nitrogens is 3. The van der Waals surface area contributed by atoms with Gasteiger partial charge in [0.2, 0.25) is 5.89 Å². The van der Waals surface area contributed by atoms with Crippen molar-refractivity contribution >= 4 is 5.91 Å². The summed E-state index contributed by atoms with van der Waals surface area (Å²) in [7, 11) is 0. The lowest BCUT2D eigenvalue weighted by atomic mass is 10.1. The summed E-state index contributed by atoms with van der Waals surface area (Å²) in [5.41, 5.74) is 1.48. The number of hydrogen-bond donors (Lipinski definition) is 1. The van der Waals surface area contributed by atoms with Crippen molar-refractivity contribution in [1.82, 2.24) is 20.6 Å².